The van der Waals surface area contributed by atoms with Crippen LogP contribution < -0.4 is 15.5 Å². The molecule has 4 amide bonds. The highest BCUT2D eigenvalue weighted by atomic mass is 79.9. The molecule has 17 rings (SSSR count). The predicted octanol–water partition coefficient (Wildman–Crippen LogP) is 23.5. The van der Waals surface area contributed by atoms with Gasteiger partial charge in [-0.15, -0.1) is 0 Å². The molecule has 12 aromatic rings. The number of nitro groups is 1. The highest BCUT2D eigenvalue weighted by Gasteiger charge is 2.53. The molecule has 1 aliphatic heterocycles. The molecule has 33 nitrogen and oxygen atoms in total. The monoisotopic (exact) mass is 2010 g/mol. The summed E-state index contributed by atoms with van der Waals surface area (Å²) >= 11 is 6.78. The predicted molar refractivity (Wildman–Crippen MR) is 519 cm³/mol. The number of carbonyl (C=O) groups is 6. The number of nitrogens with one attached hydrogen (secondary N) is 1. The molecule has 5 aliphatic rings. The lowest BCUT2D eigenvalue weighted by molar-refractivity contribution is -0.384. The molecular weight excluding hydrogens is 1900 g/mol. The number of ether oxygens (including phenoxy) is 7. The van der Waals surface area contributed by atoms with Crippen molar-refractivity contribution in [3.8, 4) is 68.1 Å². The number of anilines is 1. The molecule has 0 unspecified atom stereocenters. The summed E-state index contributed by atoms with van der Waals surface area (Å²) in [6.07, 6.45) is 12.0. The van der Waals surface area contributed by atoms with Gasteiger partial charge in [-0.2, -0.15) is 0 Å². The topological polar surface area (TPSA) is 401 Å². The lowest BCUT2D eigenvalue weighted by Gasteiger charge is -2.32. The number of nitrogens with zero attached hydrogens (tertiary/aromatic N) is 9. The Kier molecular flexibility index (Phi) is 34.1. The lowest BCUT2D eigenvalue weighted by Crippen LogP contribution is -2.41. The Hall–Kier alpha value is -13.4. The first-order valence-corrected chi connectivity index (χ1v) is 47.2. The first kappa shape index (κ1) is 102. The Morgan fingerprint density at radius 3 is 1.21 bits per heavy atom. The van der Waals surface area contributed by atoms with Crippen molar-refractivity contribution in [3.05, 3.63) is 257 Å². The van der Waals surface area contributed by atoms with Gasteiger partial charge in [-0.3, -0.25) is 20.2 Å². The molecule has 6 heterocycles. The van der Waals surface area contributed by atoms with Crippen LogP contribution >= 0.6 is 31.9 Å². The summed E-state index contributed by atoms with van der Waals surface area (Å²) < 4.78 is 78.6. The fourth-order valence-corrected chi connectivity index (χ4v) is 16.8. The molecule has 138 heavy (non-hydrogen) atoms. The van der Waals surface area contributed by atoms with Crippen LogP contribution in [0.5, 0.6) is 11.5 Å². The Labute approximate surface area is 816 Å². The average Bonchev–Trinajstić information content (AvgIpc) is 1.60. The highest BCUT2D eigenvalue weighted by molar-refractivity contribution is 9.10. The second-order valence-electron chi connectivity index (χ2n) is 35.5. The molecule has 1 saturated heterocycles. The minimum absolute atomic E-state index is 0.0907. The number of benzene rings is 7. The van der Waals surface area contributed by atoms with E-state index in [9.17, 15) is 44.0 Å². The maximum Gasteiger partial charge on any atom is 0.514 e. The van der Waals surface area contributed by atoms with E-state index >= 15 is 0 Å². The molecule has 2 N–H and O–H groups in total. The van der Waals surface area contributed by atoms with Crippen molar-refractivity contribution < 1.29 is 104 Å². The first-order valence-electron chi connectivity index (χ1n) is 45.6. The molecular formula is C102H113BBr2N10O23. The second kappa shape index (κ2) is 46.1. The first-order chi connectivity index (χ1) is 66.1. The zero-order chi connectivity index (χ0) is 98.7. The fourth-order valence-electron chi connectivity index (χ4n) is 16.3. The summed E-state index contributed by atoms with van der Waals surface area (Å²) in [4.78, 5) is 88.7. The number of aryl methyl sites for hydroxylation is 5. The van der Waals surface area contributed by atoms with Crippen LogP contribution in [-0.2, 0) is 74.4 Å². The zero-order valence-electron chi connectivity index (χ0n) is 79.6. The Morgan fingerprint density at radius 1 is 0.486 bits per heavy atom. The molecule has 4 saturated carbocycles. The number of methoxy groups -OCH3 is 1. The second-order valence-corrected chi connectivity index (χ2v) is 37.3. The summed E-state index contributed by atoms with van der Waals surface area (Å²) in [5.41, 5.74) is 12.1. The van der Waals surface area contributed by atoms with E-state index in [1.54, 1.807) is 59.9 Å². The van der Waals surface area contributed by atoms with E-state index in [4.69, 9.17) is 65.1 Å². The number of phenols is 1. The zero-order valence-corrected chi connectivity index (χ0v) is 82.7. The molecule has 4 aliphatic carbocycles. The lowest BCUT2D eigenvalue weighted by atomic mass is 9.78. The maximum absolute atomic E-state index is 12.5. The number of aromatic nitrogens is 5. The highest BCUT2D eigenvalue weighted by Crippen LogP contribution is 2.50. The van der Waals surface area contributed by atoms with E-state index in [2.05, 4.69) is 63.0 Å². The SMILES string of the molecule is COC(=O)C1(c2ccc(-c3onc(C)c3NC(=O)O[C@H](C)c3ccccc3)cc2)CC1.Cc1noc(-c2ccc(B3OC(C)(C)C(C)(C)O3)cc2)c1COC(=O)N(C)C1CCCC1.Cc1noc(-c2ccc(Br)cc2)c1COC(=O)N(C)C1CCCC1.Cc1noc(-c2ccc(Br)cc2)c1COC(=O)Oc1ccc([N+](=O)[O-])cc1.Cc1noc(-c2ccc(O)cc2)c1COC(=O)N(C)C1CCCC1. The summed E-state index contributed by atoms with van der Waals surface area (Å²) in [6, 6.07) is 52.6. The number of amides is 4. The van der Waals surface area contributed by atoms with Crippen molar-refractivity contribution in [2.45, 2.75) is 226 Å². The largest absolute Gasteiger partial charge is 0.514 e. The third-order valence-electron chi connectivity index (χ3n) is 25.7. The van der Waals surface area contributed by atoms with Crippen LogP contribution in [0.2, 0.25) is 0 Å². The van der Waals surface area contributed by atoms with Crippen LogP contribution in [0.3, 0.4) is 0 Å². The van der Waals surface area contributed by atoms with Gasteiger partial charge in [0.2, 0.25) is 0 Å². The number of esters is 1. The number of nitro benzene ring substituents is 1. The van der Waals surface area contributed by atoms with Crippen LogP contribution in [0.1, 0.15) is 192 Å². The van der Waals surface area contributed by atoms with Crippen molar-refractivity contribution in [2.75, 3.05) is 33.6 Å². The van der Waals surface area contributed by atoms with Crippen LogP contribution in [-0.4, -0.2) is 152 Å². The summed E-state index contributed by atoms with van der Waals surface area (Å²) in [5, 5.41) is 42.8. The quantitative estimate of drug-likeness (QED) is 0.0142. The average molecular weight is 2020 g/mol. The van der Waals surface area contributed by atoms with Gasteiger partial charge in [-0.05, 0) is 198 Å². The number of hydrogen-bond donors (Lipinski definition) is 2. The molecule has 0 spiro atoms. The maximum atomic E-state index is 12.5. The van der Waals surface area contributed by atoms with Gasteiger partial charge in [0.05, 0.1) is 73.7 Å². The number of hydrogen-bond acceptors (Lipinski definition) is 28. The molecule has 7 aromatic carbocycles. The Balaban J connectivity index is 0.000000146. The molecule has 5 aromatic heterocycles. The van der Waals surface area contributed by atoms with Crippen LogP contribution in [0.25, 0.3) is 56.6 Å². The number of phenolic OH excluding ortho intramolecular Hbond substituents is 1. The van der Waals surface area contributed by atoms with Gasteiger partial charge in [0, 0.05) is 88.2 Å². The van der Waals surface area contributed by atoms with Crippen molar-refractivity contribution >= 4 is 92.3 Å². The normalized spacial score (nSPS) is 15.2. The van der Waals surface area contributed by atoms with E-state index in [1.807, 2.05) is 197 Å². The number of aromatic hydroxyl groups is 1. The molecule has 0 bridgehead atoms. The van der Waals surface area contributed by atoms with E-state index in [0.29, 0.717) is 68.9 Å². The Morgan fingerprint density at radius 2 is 0.833 bits per heavy atom. The molecule has 1 atom stereocenters. The minimum Gasteiger partial charge on any atom is -0.508 e. The van der Waals surface area contributed by atoms with Gasteiger partial charge in [0.15, 0.2) is 28.8 Å². The van der Waals surface area contributed by atoms with Gasteiger partial charge in [0.1, 0.15) is 55.4 Å². The molecule has 5 fully saturated rings. The Bertz CT molecular complexity index is 6000. The van der Waals surface area contributed by atoms with Gasteiger partial charge in [-0.25, -0.2) is 24.0 Å². The third kappa shape index (κ3) is 25.5. The van der Waals surface area contributed by atoms with Crippen LogP contribution in [0.15, 0.2) is 207 Å². The third-order valence-corrected chi connectivity index (χ3v) is 26.8. The summed E-state index contributed by atoms with van der Waals surface area (Å²) in [6.45, 7) is 19.3. The summed E-state index contributed by atoms with van der Waals surface area (Å²) in [7, 11) is 6.41. The fraction of sp³-hybridized carbons (Fsp3) is 0.382. The van der Waals surface area contributed by atoms with Gasteiger partial charge < -0.3 is 84.9 Å². The minimum atomic E-state index is -0.939. The van der Waals surface area contributed by atoms with Gasteiger partial charge in [-0.1, -0.05) is 199 Å². The smallest absolute Gasteiger partial charge is 0.508 e. The van der Waals surface area contributed by atoms with Crippen LogP contribution in [0, 0.1) is 44.7 Å². The van der Waals surface area contributed by atoms with E-state index in [-0.39, 0.29) is 91.1 Å². The van der Waals surface area contributed by atoms with Crippen molar-refractivity contribution in [2.24, 2.45) is 0 Å². The van der Waals surface area contributed by atoms with Crippen molar-refractivity contribution in [1.29, 1.82) is 0 Å². The number of halogens is 2. The van der Waals surface area contributed by atoms with Gasteiger partial charge >= 0.3 is 43.6 Å². The molecule has 726 valence electrons. The number of rotatable bonds is 24. The molecule has 36 heteroatoms. The molecule has 0 radical (unpaired) electrons. The van der Waals surface area contributed by atoms with E-state index < -0.39 is 35.8 Å². The standard InChI is InChI=1S/C24H33BN2O5.C24H24N2O5.C18H13BrN2O6.C18H21BrN2O3.C18H22N2O4/c1-16-20(15-29-22(28)27(6)19-9-7-8-10-19)21(30-26-16)17-11-13-18(14-12-17)25-31-23(2,3)24(4,5)32-25;1-15-20(25-23(28)30-16(2)17-7-5-4-6-8-17)21(31-26-15)18-9-11-19(12-10-18)24(13-14-24)22(27)29-3;1-11-16(17(27-20-11)12-2-4-13(19)5-3-12)10-25-18(22)26-15-8-6-14(7-9-15)21(23)24;1-12-16(11-23-18(22)21(2)15-5-3-4-6-15)17(24-20-12)13-7-9-14(19)10-8-13;1-12-16(11-23-18(22)20(2)14-5-3-4-6-14)17(24-19-12)13-7-9-15(21)10-8-13/h11-14,19H,7-10,15H2,1-6H3;4-12,16H,13-14H2,1-3H3,(H,25,28);2-9H,10H2,1H3;7-10,15H,3-6,11H2,1-2H3;7-10,14,21H,3-6,11H2,1-2H3/t;16-;;;/m.1.../s1. The van der Waals surface area contributed by atoms with Crippen molar-refractivity contribution in [1.82, 2.24) is 40.5 Å². The van der Waals surface area contributed by atoms with Crippen LogP contribution in [0.4, 0.5) is 35.3 Å². The van der Waals surface area contributed by atoms with E-state index in [0.717, 1.165) is 140 Å². The number of carbonyl (C=O) groups excluding carboxylic acids is 6. The van der Waals surface area contributed by atoms with Gasteiger partial charge in [0.25, 0.3) is 5.69 Å². The number of non-ortho nitro benzene ring substituents is 1. The van der Waals surface area contributed by atoms with E-state index in [1.165, 1.54) is 57.1 Å². The summed E-state index contributed by atoms with van der Waals surface area (Å²) in [5.74, 6) is 2.86. The van der Waals surface area contributed by atoms with Crippen molar-refractivity contribution in [3.63, 3.8) is 0 Å².